The first kappa shape index (κ1) is 19.2. The van der Waals surface area contributed by atoms with Crippen molar-refractivity contribution in [2.45, 2.75) is 0 Å². The van der Waals surface area contributed by atoms with Crippen LogP contribution in [-0.2, 0) is 0 Å². The molecule has 3 aromatic carbocycles. The summed E-state index contributed by atoms with van der Waals surface area (Å²) in [6.07, 6.45) is 0. The zero-order valence-corrected chi connectivity index (χ0v) is 16.5. The van der Waals surface area contributed by atoms with Crippen LogP contribution in [0.4, 0.5) is 0 Å². The number of fused-ring (bicyclic) bond motifs is 1. The molecule has 0 spiro atoms. The van der Waals surface area contributed by atoms with E-state index in [0.29, 0.717) is 26.8 Å². The third-order valence-corrected chi connectivity index (χ3v) is 4.94. The molecule has 29 heavy (non-hydrogen) atoms. The topological polar surface area (TPSA) is 56.5 Å². The molecule has 0 fully saturated rings. The van der Waals surface area contributed by atoms with E-state index in [-0.39, 0.29) is 29.3 Å². The van der Waals surface area contributed by atoms with Crippen LogP contribution in [0.1, 0.15) is 10.4 Å². The number of halogens is 2. The molecule has 0 atom stereocenters. The Labute approximate surface area is 176 Å². The normalized spacial score (nSPS) is 10.8. The fraction of sp³-hybridized carbons (Fsp3) is 0.0435. The molecule has 1 aromatic heterocycles. The molecule has 6 heteroatoms. The van der Waals surface area contributed by atoms with E-state index in [1.165, 1.54) is 6.07 Å². The Morgan fingerprint density at radius 1 is 0.931 bits per heavy atom. The van der Waals surface area contributed by atoms with Crippen LogP contribution in [0.15, 0.2) is 82.0 Å². The number of rotatable bonds is 5. The Morgan fingerprint density at radius 2 is 1.66 bits per heavy atom. The molecule has 0 N–H and O–H groups in total. The summed E-state index contributed by atoms with van der Waals surface area (Å²) in [4.78, 5) is 25.6. The molecule has 4 nitrogen and oxygen atoms in total. The molecule has 0 saturated carbocycles. The predicted molar refractivity (Wildman–Crippen MR) is 114 cm³/mol. The van der Waals surface area contributed by atoms with E-state index in [0.717, 1.165) is 0 Å². The van der Waals surface area contributed by atoms with Crippen LogP contribution < -0.4 is 10.2 Å². The van der Waals surface area contributed by atoms with Crippen molar-refractivity contribution in [3.8, 4) is 17.1 Å². The molecule has 144 valence electrons. The van der Waals surface area contributed by atoms with Gasteiger partial charge in [0.1, 0.15) is 5.58 Å². The smallest absolute Gasteiger partial charge is 0.235 e. The van der Waals surface area contributed by atoms with Crippen LogP contribution in [0.3, 0.4) is 0 Å². The van der Waals surface area contributed by atoms with Crippen LogP contribution in [0, 0.1) is 0 Å². The quantitative estimate of drug-likeness (QED) is 0.367. The maximum Gasteiger partial charge on any atom is 0.235 e. The monoisotopic (exact) mass is 424 g/mol. The fourth-order valence-electron chi connectivity index (χ4n) is 2.95. The van der Waals surface area contributed by atoms with Gasteiger partial charge < -0.3 is 9.15 Å². The second kappa shape index (κ2) is 8.11. The highest BCUT2D eigenvalue weighted by Gasteiger charge is 2.21. The number of hydrogen-bond acceptors (Lipinski definition) is 4. The lowest BCUT2D eigenvalue weighted by atomic mass is 10.1. The van der Waals surface area contributed by atoms with E-state index < -0.39 is 5.43 Å². The molecule has 0 amide bonds. The predicted octanol–water partition coefficient (Wildman–Crippen LogP) is 6.03. The molecule has 0 saturated heterocycles. The molecule has 4 rings (SSSR count). The van der Waals surface area contributed by atoms with Crippen molar-refractivity contribution in [1.29, 1.82) is 0 Å². The first-order valence-electron chi connectivity index (χ1n) is 8.77. The van der Waals surface area contributed by atoms with Gasteiger partial charge in [-0.2, -0.15) is 0 Å². The molecule has 0 bridgehead atoms. The summed E-state index contributed by atoms with van der Waals surface area (Å²) >= 11 is 12.3. The van der Waals surface area contributed by atoms with Crippen molar-refractivity contribution in [2.75, 3.05) is 6.61 Å². The van der Waals surface area contributed by atoms with Gasteiger partial charge in [0.2, 0.25) is 11.2 Å². The summed E-state index contributed by atoms with van der Waals surface area (Å²) < 4.78 is 11.6. The maximum absolute atomic E-state index is 13.1. The first-order valence-corrected chi connectivity index (χ1v) is 9.52. The van der Waals surface area contributed by atoms with Crippen molar-refractivity contribution >= 4 is 40.0 Å². The van der Waals surface area contributed by atoms with Gasteiger partial charge in [0.25, 0.3) is 0 Å². The number of Topliss-reactive ketones (excluding diaryl/α,β-unsaturated/α-hetero) is 1. The van der Waals surface area contributed by atoms with Gasteiger partial charge in [-0.05, 0) is 30.3 Å². The summed E-state index contributed by atoms with van der Waals surface area (Å²) in [5.74, 6) is -0.185. The zero-order chi connectivity index (χ0) is 20.4. The number of benzene rings is 3. The fourth-order valence-corrected chi connectivity index (χ4v) is 3.34. The Bertz CT molecular complexity index is 1260. The van der Waals surface area contributed by atoms with Crippen LogP contribution >= 0.6 is 23.2 Å². The molecule has 0 aliphatic rings. The number of ketones is 1. The number of carbonyl (C=O) groups excluding carboxylic acids is 1. The van der Waals surface area contributed by atoms with Gasteiger partial charge in [-0.1, -0.05) is 65.7 Å². The van der Waals surface area contributed by atoms with E-state index in [9.17, 15) is 9.59 Å². The average Bonchev–Trinajstić information content (AvgIpc) is 2.74. The number of carbonyl (C=O) groups is 1. The molecular formula is C23H14Cl2O4. The molecule has 0 aliphatic carbocycles. The lowest BCUT2D eigenvalue weighted by molar-refractivity contribution is 0.0920. The van der Waals surface area contributed by atoms with E-state index >= 15 is 0 Å². The van der Waals surface area contributed by atoms with Crippen LogP contribution in [0.25, 0.3) is 22.3 Å². The highest BCUT2D eigenvalue weighted by Crippen LogP contribution is 2.35. The average molecular weight is 425 g/mol. The third kappa shape index (κ3) is 3.90. The van der Waals surface area contributed by atoms with Crippen molar-refractivity contribution in [2.24, 2.45) is 0 Å². The molecular weight excluding hydrogens is 411 g/mol. The van der Waals surface area contributed by atoms with Gasteiger partial charge in [-0.15, -0.1) is 0 Å². The second-order valence-corrected chi connectivity index (χ2v) is 7.13. The molecule has 4 aromatic rings. The van der Waals surface area contributed by atoms with Gasteiger partial charge in [0, 0.05) is 16.1 Å². The Hall–Kier alpha value is -3.08. The van der Waals surface area contributed by atoms with Gasteiger partial charge in [-0.3, -0.25) is 9.59 Å². The van der Waals surface area contributed by atoms with Crippen molar-refractivity contribution in [1.82, 2.24) is 0 Å². The zero-order valence-electron chi connectivity index (χ0n) is 15.0. The van der Waals surface area contributed by atoms with Crippen LogP contribution in [0.5, 0.6) is 5.75 Å². The van der Waals surface area contributed by atoms with Gasteiger partial charge in [0.15, 0.2) is 18.2 Å². The minimum Gasteiger partial charge on any atom is -0.478 e. The van der Waals surface area contributed by atoms with E-state index in [1.54, 1.807) is 60.7 Å². The van der Waals surface area contributed by atoms with E-state index in [1.807, 2.05) is 6.07 Å². The Kier molecular flexibility index (Phi) is 5.38. The SMILES string of the molecule is O=C(COc1c(-c2ccccc2Cl)oc2ccc(Cl)cc2c1=O)c1ccccc1. The molecule has 0 radical (unpaired) electrons. The summed E-state index contributed by atoms with van der Waals surface area (Å²) in [6, 6.07) is 20.4. The summed E-state index contributed by atoms with van der Waals surface area (Å²) in [7, 11) is 0. The second-order valence-electron chi connectivity index (χ2n) is 6.29. The van der Waals surface area contributed by atoms with Gasteiger partial charge in [-0.25, -0.2) is 0 Å². The highest BCUT2D eigenvalue weighted by molar-refractivity contribution is 6.33. The maximum atomic E-state index is 13.1. The third-order valence-electron chi connectivity index (χ3n) is 4.37. The summed E-state index contributed by atoms with van der Waals surface area (Å²) in [5.41, 5.74) is 0.894. The highest BCUT2D eigenvalue weighted by atomic mass is 35.5. The lowest BCUT2D eigenvalue weighted by Gasteiger charge is -2.12. The molecule has 0 aliphatic heterocycles. The van der Waals surface area contributed by atoms with Crippen molar-refractivity contribution < 1.29 is 13.9 Å². The summed E-state index contributed by atoms with van der Waals surface area (Å²) in [6.45, 7) is -0.321. The minimum atomic E-state index is -0.426. The van der Waals surface area contributed by atoms with E-state index in [4.69, 9.17) is 32.4 Å². The minimum absolute atomic E-state index is 0.0860. The van der Waals surface area contributed by atoms with Crippen LogP contribution in [0.2, 0.25) is 10.0 Å². The summed E-state index contributed by atoms with van der Waals surface area (Å²) in [5, 5.41) is 1.04. The Morgan fingerprint density at radius 3 is 2.41 bits per heavy atom. The lowest BCUT2D eigenvalue weighted by Crippen LogP contribution is -2.17. The number of hydrogen-bond donors (Lipinski definition) is 0. The Balaban J connectivity index is 1.83. The van der Waals surface area contributed by atoms with Gasteiger partial charge in [0.05, 0.1) is 10.4 Å². The van der Waals surface area contributed by atoms with E-state index in [2.05, 4.69) is 0 Å². The van der Waals surface area contributed by atoms with Crippen molar-refractivity contribution in [3.63, 3.8) is 0 Å². The molecule has 0 unspecified atom stereocenters. The standard InChI is InChI=1S/C23H14Cl2O4/c24-15-10-11-20-17(12-15)21(27)23(22(29-20)16-8-4-5-9-18(16)25)28-13-19(26)14-6-2-1-3-7-14/h1-12H,13H2. The van der Waals surface area contributed by atoms with Crippen LogP contribution in [-0.4, -0.2) is 12.4 Å². The first-order chi connectivity index (χ1) is 14.0. The van der Waals surface area contributed by atoms with Crippen molar-refractivity contribution in [3.05, 3.63) is 98.6 Å². The largest absolute Gasteiger partial charge is 0.478 e. The molecule has 1 heterocycles. The number of ether oxygens (including phenoxy) is 1. The van der Waals surface area contributed by atoms with Gasteiger partial charge >= 0.3 is 0 Å².